The van der Waals surface area contributed by atoms with Crippen LogP contribution in [0.3, 0.4) is 0 Å². The number of nitrogens with one attached hydrogen (secondary N) is 2. The third kappa shape index (κ3) is 4.79. The minimum absolute atomic E-state index is 0.249. The molecule has 0 amide bonds. The Bertz CT molecular complexity index is 376. The Labute approximate surface area is 105 Å². The number of nitrogens with zero attached hydrogens (tertiary/aromatic N) is 2. The zero-order valence-electron chi connectivity index (χ0n) is 10.5. The summed E-state index contributed by atoms with van der Waals surface area (Å²) in [5, 5.41) is 14.7. The van der Waals surface area contributed by atoms with Gasteiger partial charge in [-0.05, 0) is 13.3 Å². The molecule has 0 aliphatic rings. The number of aliphatic hydroxyl groups excluding tert-OH is 1. The van der Waals surface area contributed by atoms with Gasteiger partial charge in [0.1, 0.15) is 11.9 Å². The molecule has 3 N–H and O–H groups in total. The lowest BCUT2D eigenvalue weighted by Crippen LogP contribution is -2.27. The fraction of sp³-hybridized carbons (Fsp3) is 0.636. The van der Waals surface area contributed by atoms with Crippen molar-refractivity contribution in [1.29, 1.82) is 0 Å². The molecular formula is C11H18F2N4O. The molecule has 1 unspecified atom stereocenters. The Hall–Kier alpha value is -1.50. The number of aromatic nitrogens is 2. The molecule has 0 radical (unpaired) electrons. The highest BCUT2D eigenvalue weighted by Gasteiger charge is 2.16. The highest BCUT2D eigenvalue weighted by atomic mass is 19.3. The van der Waals surface area contributed by atoms with Crippen molar-refractivity contribution in [3.05, 3.63) is 11.8 Å². The highest BCUT2D eigenvalue weighted by Crippen LogP contribution is 2.10. The number of anilines is 2. The van der Waals surface area contributed by atoms with E-state index in [2.05, 4.69) is 20.6 Å². The van der Waals surface area contributed by atoms with E-state index in [0.29, 0.717) is 11.8 Å². The van der Waals surface area contributed by atoms with Crippen LogP contribution in [0.15, 0.2) is 6.07 Å². The summed E-state index contributed by atoms with van der Waals surface area (Å²) in [6, 6.07) is 1.63. The summed E-state index contributed by atoms with van der Waals surface area (Å²) >= 11 is 0. The maximum atomic E-state index is 12.1. The van der Waals surface area contributed by atoms with Gasteiger partial charge in [0.05, 0.1) is 0 Å². The largest absolute Gasteiger partial charge is 0.385 e. The van der Waals surface area contributed by atoms with Crippen LogP contribution in [0.2, 0.25) is 0 Å². The summed E-state index contributed by atoms with van der Waals surface area (Å²) in [5.41, 5.74) is 0.720. The first kappa shape index (κ1) is 14.6. The van der Waals surface area contributed by atoms with Crippen LogP contribution in [0.5, 0.6) is 0 Å². The number of hydrogen-bond donors (Lipinski definition) is 3. The van der Waals surface area contributed by atoms with Gasteiger partial charge in [0.25, 0.3) is 6.43 Å². The quantitative estimate of drug-likeness (QED) is 0.695. The normalized spacial score (nSPS) is 12.6. The van der Waals surface area contributed by atoms with Crippen LogP contribution in [0.4, 0.5) is 20.5 Å². The fourth-order valence-corrected chi connectivity index (χ4v) is 1.27. The maximum Gasteiger partial charge on any atom is 0.265 e. The standard InChI is InChI=1S/C11H18F2N4O/c1-3-4-14-11-16-7(2)5-9(17-11)15-6-8(18)10(12)13/h5,8,10,18H,3-4,6H2,1-2H3,(H2,14,15,16,17). The molecule has 1 rings (SSSR count). The molecule has 0 saturated heterocycles. The minimum Gasteiger partial charge on any atom is -0.385 e. The molecular weight excluding hydrogens is 242 g/mol. The number of alkyl halides is 2. The third-order valence-corrected chi connectivity index (χ3v) is 2.17. The van der Waals surface area contributed by atoms with Gasteiger partial charge in [-0.1, -0.05) is 6.92 Å². The SMILES string of the molecule is CCCNc1nc(C)cc(NCC(O)C(F)F)n1. The van der Waals surface area contributed by atoms with E-state index in [1.54, 1.807) is 13.0 Å². The van der Waals surface area contributed by atoms with Crippen LogP contribution in [-0.4, -0.2) is 40.7 Å². The van der Waals surface area contributed by atoms with Crippen molar-refractivity contribution in [3.8, 4) is 0 Å². The topological polar surface area (TPSA) is 70.1 Å². The van der Waals surface area contributed by atoms with Crippen LogP contribution in [0.1, 0.15) is 19.0 Å². The second-order valence-electron chi connectivity index (χ2n) is 3.93. The van der Waals surface area contributed by atoms with Gasteiger partial charge in [-0.2, -0.15) is 4.98 Å². The van der Waals surface area contributed by atoms with E-state index < -0.39 is 12.5 Å². The molecule has 7 heteroatoms. The van der Waals surface area contributed by atoms with Crippen LogP contribution in [0, 0.1) is 6.92 Å². The van der Waals surface area contributed by atoms with Crippen LogP contribution in [0.25, 0.3) is 0 Å². The average molecular weight is 260 g/mol. The predicted molar refractivity (Wildman–Crippen MR) is 66.1 cm³/mol. The Morgan fingerprint density at radius 1 is 1.33 bits per heavy atom. The summed E-state index contributed by atoms with van der Waals surface area (Å²) in [6.45, 7) is 4.29. The molecule has 0 aliphatic carbocycles. The van der Waals surface area contributed by atoms with Gasteiger partial charge in [-0.3, -0.25) is 0 Å². The monoisotopic (exact) mass is 260 g/mol. The molecule has 1 aromatic rings. The van der Waals surface area contributed by atoms with Crippen molar-refractivity contribution < 1.29 is 13.9 Å². The molecule has 1 aromatic heterocycles. The molecule has 1 atom stereocenters. The van der Waals surface area contributed by atoms with E-state index in [9.17, 15) is 8.78 Å². The summed E-state index contributed by atoms with van der Waals surface area (Å²) < 4.78 is 24.2. The summed E-state index contributed by atoms with van der Waals surface area (Å²) in [7, 11) is 0. The number of aryl methyl sites for hydroxylation is 1. The van der Waals surface area contributed by atoms with Crippen LogP contribution < -0.4 is 10.6 Å². The van der Waals surface area contributed by atoms with E-state index in [-0.39, 0.29) is 6.54 Å². The predicted octanol–water partition coefficient (Wildman–Crippen LogP) is 1.64. The van der Waals surface area contributed by atoms with E-state index in [4.69, 9.17) is 5.11 Å². The highest BCUT2D eigenvalue weighted by molar-refractivity contribution is 5.42. The Balaban J connectivity index is 2.62. The molecule has 0 bridgehead atoms. The number of aliphatic hydroxyl groups is 1. The number of rotatable bonds is 7. The van der Waals surface area contributed by atoms with E-state index >= 15 is 0 Å². The molecule has 0 aromatic carbocycles. The summed E-state index contributed by atoms with van der Waals surface area (Å²) in [5.74, 6) is 0.867. The Kier molecular flexibility index (Phi) is 5.70. The molecule has 1 heterocycles. The lowest BCUT2D eigenvalue weighted by molar-refractivity contribution is 0.00381. The zero-order valence-corrected chi connectivity index (χ0v) is 10.5. The van der Waals surface area contributed by atoms with Gasteiger partial charge >= 0.3 is 0 Å². The number of hydrogen-bond acceptors (Lipinski definition) is 5. The second-order valence-corrected chi connectivity index (χ2v) is 3.93. The molecule has 102 valence electrons. The molecule has 0 spiro atoms. The minimum atomic E-state index is -2.77. The van der Waals surface area contributed by atoms with Gasteiger partial charge in [0.2, 0.25) is 5.95 Å². The van der Waals surface area contributed by atoms with Gasteiger partial charge in [0.15, 0.2) is 0 Å². The molecule has 18 heavy (non-hydrogen) atoms. The van der Waals surface area contributed by atoms with E-state index in [1.807, 2.05) is 6.92 Å². The van der Waals surface area contributed by atoms with E-state index in [1.165, 1.54) is 0 Å². The molecule has 0 saturated carbocycles. The smallest absolute Gasteiger partial charge is 0.265 e. The summed E-state index contributed by atoms with van der Waals surface area (Å²) in [4.78, 5) is 8.27. The van der Waals surface area contributed by atoms with Gasteiger partial charge < -0.3 is 15.7 Å². The van der Waals surface area contributed by atoms with Crippen molar-refractivity contribution >= 4 is 11.8 Å². The lowest BCUT2D eigenvalue weighted by Gasteiger charge is -2.12. The third-order valence-electron chi connectivity index (χ3n) is 2.17. The van der Waals surface area contributed by atoms with Crippen molar-refractivity contribution in [2.45, 2.75) is 32.8 Å². The zero-order chi connectivity index (χ0) is 13.5. The number of halogens is 2. The Morgan fingerprint density at radius 2 is 2.06 bits per heavy atom. The van der Waals surface area contributed by atoms with Crippen LogP contribution in [-0.2, 0) is 0 Å². The Morgan fingerprint density at radius 3 is 2.67 bits per heavy atom. The lowest BCUT2D eigenvalue weighted by atomic mass is 10.3. The van der Waals surface area contributed by atoms with Crippen molar-refractivity contribution in [1.82, 2.24) is 9.97 Å². The first-order valence-electron chi connectivity index (χ1n) is 5.82. The van der Waals surface area contributed by atoms with Crippen molar-refractivity contribution in [3.63, 3.8) is 0 Å². The first-order chi connectivity index (χ1) is 8.52. The van der Waals surface area contributed by atoms with Crippen LogP contribution >= 0.6 is 0 Å². The molecule has 0 aliphatic heterocycles. The van der Waals surface area contributed by atoms with E-state index in [0.717, 1.165) is 18.7 Å². The van der Waals surface area contributed by atoms with Crippen molar-refractivity contribution in [2.75, 3.05) is 23.7 Å². The molecule has 0 fully saturated rings. The van der Waals surface area contributed by atoms with Crippen molar-refractivity contribution in [2.24, 2.45) is 0 Å². The van der Waals surface area contributed by atoms with Gasteiger partial charge in [-0.15, -0.1) is 0 Å². The fourth-order valence-electron chi connectivity index (χ4n) is 1.27. The summed E-state index contributed by atoms with van der Waals surface area (Å²) in [6.07, 6.45) is -3.53. The molecule has 5 nitrogen and oxygen atoms in total. The van der Waals surface area contributed by atoms with Gasteiger partial charge in [0, 0.05) is 24.8 Å². The maximum absolute atomic E-state index is 12.1. The average Bonchev–Trinajstić information content (AvgIpc) is 2.32. The van der Waals surface area contributed by atoms with Gasteiger partial charge in [-0.25, -0.2) is 13.8 Å². The second kappa shape index (κ2) is 7.05. The first-order valence-corrected chi connectivity index (χ1v) is 5.82.